The maximum absolute atomic E-state index is 5.17. The third-order valence-electron chi connectivity index (χ3n) is 7.09. The Kier molecular flexibility index (Phi) is 5.76. The van der Waals surface area contributed by atoms with Crippen LogP contribution in [0.3, 0.4) is 0 Å². The molecule has 3 aromatic heterocycles. The monoisotopic (exact) mass is 462 g/mol. The van der Waals surface area contributed by atoms with Crippen molar-refractivity contribution in [3.8, 4) is 22.4 Å². The summed E-state index contributed by atoms with van der Waals surface area (Å²) in [5, 5.41) is 9.04. The van der Waals surface area contributed by atoms with E-state index in [0.717, 1.165) is 64.4 Å². The van der Waals surface area contributed by atoms with Gasteiger partial charge in [0.05, 0.1) is 11.4 Å². The largest absolute Gasteiger partial charge is 0.317 e. The highest BCUT2D eigenvalue weighted by Gasteiger charge is 2.18. The van der Waals surface area contributed by atoms with Crippen LogP contribution in [0.2, 0.25) is 0 Å². The molecule has 0 amide bonds. The highest BCUT2D eigenvalue weighted by molar-refractivity contribution is 5.90. The van der Waals surface area contributed by atoms with E-state index in [4.69, 9.17) is 4.98 Å². The first-order valence-electron chi connectivity index (χ1n) is 12.4. The number of hydrogen-bond acceptors (Lipinski definition) is 5. The summed E-state index contributed by atoms with van der Waals surface area (Å²) in [4.78, 5) is 12.3. The summed E-state index contributed by atoms with van der Waals surface area (Å²) < 4.78 is 1.85. The molecular formula is C29H30N6. The van der Waals surface area contributed by atoms with Crippen LogP contribution >= 0.6 is 0 Å². The van der Waals surface area contributed by atoms with Gasteiger partial charge in [0.25, 0.3) is 0 Å². The predicted molar refractivity (Wildman–Crippen MR) is 141 cm³/mol. The first-order chi connectivity index (χ1) is 17.2. The van der Waals surface area contributed by atoms with Crippen LogP contribution in [0.1, 0.15) is 24.1 Å². The number of fused-ring (bicyclic) bond motifs is 3. The number of rotatable bonds is 5. The Morgan fingerprint density at radius 2 is 1.71 bits per heavy atom. The Balaban J connectivity index is 1.39. The maximum Gasteiger partial charge on any atom is 0.165 e. The van der Waals surface area contributed by atoms with E-state index in [-0.39, 0.29) is 0 Å². The zero-order chi connectivity index (χ0) is 23.8. The lowest BCUT2D eigenvalue weighted by atomic mass is 9.97. The Morgan fingerprint density at radius 1 is 0.943 bits per heavy atom. The van der Waals surface area contributed by atoms with Crippen molar-refractivity contribution >= 4 is 16.7 Å². The molecule has 4 heterocycles. The van der Waals surface area contributed by atoms with E-state index < -0.39 is 0 Å². The van der Waals surface area contributed by atoms with E-state index in [2.05, 4.69) is 81.9 Å². The molecule has 1 aliphatic rings. The number of likely N-dealkylation sites (tertiary alicyclic amines) is 1. The first-order valence-corrected chi connectivity index (χ1v) is 12.4. The van der Waals surface area contributed by atoms with Gasteiger partial charge < -0.3 is 5.32 Å². The van der Waals surface area contributed by atoms with Crippen molar-refractivity contribution in [2.24, 2.45) is 0 Å². The second kappa shape index (κ2) is 9.21. The van der Waals surface area contributed by atoms with E-state index >= 15 is 0 Å². The average molecular weight is 463 g/mol. The number of hydrogen-bond donors (Lipinski definition) is 1. The zero-order valence-electron chi connectivity index (χ0n) is 20.3. The van der Waals surface area contributed by atoms with Gasteiger partial charge in [-0.1, -0.05) is 54.6 Å². The molecule has 5 aromatic rings. The standard InChI is InChI=1S/C29H30N6/c1-20-16-27-31-18-24-17-26(22-6-4-3-5-7-22)28(32-29(24)35(27)33-20)23-10-8-21(9-11-23)19-34-14-12-25(30-2)13-15-34/h3-11,16-18,25,30H,12-15,19H2,1-2H3. The maximum atomic E-state index is 5.17. The Labute approximate surface area is 205 Å². The minimum absolute atomic E-state index is 0.657. The van der Waals surface area contributed by atoms with Gasteiger partial charge in [-0.05, 0) is 57.1 Å². The van der Waals surface area contributed by atoms with E-state index in [1.165, 1.54) is 18.4 Å². The molecule has 2 aromatic carbocycles. The minimum atomic E-state index is 0.657. The number of aryl methyl sites for hydroxylation is 1. The molecule has 0 aliphatic carbocycles. The van der Waals surface area contributed by atoms with Gasteiger partial charge in [0.1, 0.15) is 0 Å². The van der Waals surface area contributed by atoms with Gasteiger partial charge in [0.15, 0.2) is 11.3 Å². The molecular weight excluding hydrogens is 432 g/mol. The highest BCUT2D eigenvalue weighted by Crippen LogP contribution is 2.33. The Morgan fingerprint density at radius 3 is 2.46 bits per heavy atom. The summed E-state index contributed by atoms with van der Waals surface area (Å²) in [6.45, 7) is 5.27. The summed E-state index contributed by atoms with van der Waals surface area (Å²) >= 11 is 0. The molecule has 176 valence electrons. The van der Waals surface area contributed by atoms with Crippen LogP contribution in [0, 0.1) is 6.92 Å². The fraction of sp³-hybridized carbons (Fsp3) is 0.276. The van der Waals surface area contributed by atoms with Crippen molar-refractivity contribution in [1.82, 2.24) is 29.8 Å². The summed E-state index contributed by atoms with van der Waals surface area (Å²) in [5.74, 6) is 0. The topological polar surface area (TPSA) is 58.3 Å². The number of nitrogens with zero attached hydrogens (tertiary/aromatic N) is 5. The van der Waals surface area contributed by atoms with Crippen molar-refractivity contribution in [3.05, 3.63) is 84.2 Å². The van der Waals surface area contributed by atoms with E-state index in [1.807, 2.05) is 29.8 Å². The molecule has 1 aliphatic heterocycles. The number of nitrogens with one attached hydrogen (secondary N) is 1. The van der Waals surface area contributed by atoms with Crippen LogP contribution in [0.5, 0.6) is 0 Å². The van der Waals surface area contributed by atoms with E-state index in [1.54, 1.807) is 0 Å². The molecule has 6 nitrogen and oxygen atoms in total. The van der Waals surface area contributed by atoms with Crippen LogP contribution in [-0.2, 0) is 6.54 Å². The van der Waals surface area contributed by atoms with Gasteiger partial charge in [-0.15, -0.1) is 0 Å². The minimum Gasteiger partial charge on any atom is -0.317 e. The van der Waals surface area contributed by atoms with Crippen molar-refractivity contribution in [2.75, 3.05) is 20.1 Å². The lowest BCUT2D eigenvalue weighted by Gasteiger charge is -2.31. The van der Waals surface area contributed by atoms with E-state index in [0.29, 0.717) is 6.04 Å². The molecule has 0 radical (unpaired) electrons. The predicted octanol–water partition coefficient (Wildman–Crippen LogP) is 5.10. The Bertz CT molecular complexity index is 1460. The third kappa shape index (κ3) is 4.31. The molecule has 1 N–H and O–H groups in total. The third-order valence-corrected chi connectivity index (χ3v) is 7.09. The van der Waals surface area contributed by atoms with Crippen LogP contribution < -0.4 is 5.32 Å². The summed E-state index contributed by atoms with van der Waals surface area (Å²) in [6.07, 6.45) is 4.33. The zero-order valence-corrected chi connectivity index (χ0v) is 20.3. The normalized spacial score (nSPS) is 15.3. The number of benzene rings is 2. The summed E-state index contributed by atoms with van der Waals surface area (Å²) in [5.41, 5.74) is 8.24. The second-order valence-electron chi connectivity index (χ2n) is 9.51. The van der Waals surface area contributed by atoms with Crippen molar-refractivity contribution in [1.29, 1.82) is 0 Å². The number of pyridine rings is 1. The molecule has 35 heavy (non-hydrogen) atoms. The number of piperidine rings is 1. The lowest BCUT2D eigenvalue weighted by molar-refractivity contribution is 0.194. The van der Waals surface area contributed by atoms with Gasteiger partial charge in [0, 0.05) is 41.4 Å². The van der Waals surface area contributed by atoms with Crippen LogP contribution in [0.15, 0.2) is 72.9 Å². The fourth-order valence-electron chi connectivity index (χ4n) is 5.12. The quantitative estimate of drug-likeness (QED) is 0.394. The first kappa shape index (κ1) is 21.9. The molecule has 6 heteroatoms. The van der Waals surface area contributed by atoms with E-state index in [9.17, 15) is 0 Å². The molecule has 0 atom stereocenters. The highest BCUT2D eigenvalue weighted by atomic mass is 15.3. The molecule has 0 bridgehead atoms. The van der Waals surface area contributed by atoms with Gasteiger partial charge >= 0.3 is 0 Å². The van der Waals surface area contributed by atoms with Crippen molar-refractivity contribution in [2.45, 2.75) is 32.4 Å². The SMILES string of the molecule is CNC1CCN(Cc2ccc(-c3nc4c(cnc5cc(C)nn54)cc3-c3ccccc3)cc2)CC1. The number of aromatic nitrogens is 4. The van der Waals surface area contributed by atoms with Crippen LogP contribution in [0.25, 0.3) is 39.1 Å². The van der Waals surface area contributed by atoms with Gasteiger partial charge in [0.2, 0.25) is 0 Å². The van der Waals surface area contributed by atoms with Crippen LogP contribution in [-0.4, -0.2) is 50.7 Å². The van der Waals surface area contributed by atoms with Crippen molar-refractivity contribution in [3.63, 3.8) is 0 Å². The fourth-order valence-corrected chi connectivity index (χ4v) is 5.12. The van der Waals surface area contributed by atoms with Gasteiger partial charge in [-0.25, -0.2) is 9.97 Å². The van der Waals surface area contributed by atoms with Gasteiger partial charge in [-0.2, -0.15) is 9.61 Å². The molecule has 0 spiro atoms. The molecule has 0 unspecified atom stereocenters. The van der Waals surface area contributed by atoms with Crippen LogP contribution in [0.4, 0.5) is 0 Å². The Hall–Kier alpha value is -3.61. The molecule has 6 rings (SSSR count). The average Bonchev–Trinajstić information content (AvgIpc) is 3.30. The molecule has 0 saturated carbocycles. The smallest absolute Gasteiger partial charge is 0.165 e. The molecule has 1 fully saturated rings. The summed E-state index contributed by atoms with van der Waals surface area (Å²) in [6, 6.07) is 24.2. The summed E-state index contributed by atoms with van der Waals surface area (Å²) in [7, 11) is 2.07. The van der Waals surface area contributed by atoms with Gasteiger partial charge in [-0.3, -0.25) is 4.90 Å². The van der Waals surface area contributed by atoms with Crippen molar-refractivity contribution < 1.29 is 0 Å². The lowest BCUT2D eigenvalue weighted by Crippen LogP contribution is -2.40. The second-order valence-corrected chi connectivity index (χ2v) is 9.51. The molecule has 1 saturated heterocycles.